The molecule has 202 valence electrons. The maximum atomic E-state index is 12.6. The highest BCUT2D eigenvalue weighted by Gasteiger charge is 2.73. The topological polar surface area (TPSA) is 109 Å². The van der Waals surface area contributed by atoms with E-state index >= 15 is 0 Å². The number of phenolic OH excluding ortho intramolecular Hbond substituents is 1. The van der Waals surface area contributed by atoms with Crippen LogP contribution in [0.5, 0.6) is 11.5 Å². The zero-order valence-electron chi connectivity index (χ0n) is 21.9. The second-order valence-corrected chi connectivity index (χ2v) is 11.0. The number of carbonyl (C=O) groups is 2. The second kappa shape index (κ2) is 9.55. The molecule has 0 aromatic heterocycles. The molecule has 2 heterocycles. The number of ether oxygens (including phenoxy) is 3. The van der Waals surface area contributed by atoms with Crippen molar-refractivity contribution in [1.82, 2.24) is 15.5 Å². The lowest BCUT2D eigenvalue weighted by molar-refractivity contribution is -0.203. The fourth-order valence-corrected chi connectivity index (χ4v) is 7.59. The van der Waals surface area contributed by atoms with Crippen LogP contribution in [0.2, 0.25) is 0 Å². The van der Waals surface area contributed by atoms with Crippen molar-refractivity contribution < 1.29 is 28.9 Å². The van der Waals surface area contributed by atoms with Crippen LogP contribution in [0.3, 0.4) is 0 Å². The van der Waals surface area contributed by atoms with Gasteiger partial charge in [0.15, 0.2) is 11.5 Å². The van der Waals surface area contributed by atoms with Crippen LogP contribution in [-0.2, 0) is 37.5 Å². The lowest BCUT2D eigenvalue weighted by atomic mass is 9.48. The summed E-state index contributed by atoms with van der Waals surface area (Å²) in [7, 11) is 3.96. The highest BCUT2D eigenvalue weighted by Crippen LogP contribution is 2.66. The summed E-state index contributed by atoms with van der Waals surface area (Å²) in [6.45, 7) is 0.933. The van der Waals surface area contributed by atoms with Crippen molar-refractivity contribution in [2.45, 2.75) is 61.5 Å². The predicted molar refractivity (Wildman–Crippen MR) is 139 cm³/mol. The van der Waals surface area contributed by atoms with Crippen molar-refractivity contribution in [1.29, 1.82) is 0 Å². The van der Waals surface area contributed by atoms with Gasteiger partial charge in [0.05, 0.1) is 17.6 Å². The van der Waals surface area contributed by atoms with Gasteiger partial charge >= 0.3 is 5.97 Å². The number of likely N-dealkylation sites (tertiary alicyclic amines) is 1. The summed E-state index contributed by atoms with van der Waals surface area (Å²) in [5.41, 5.74) is 2.35. The average Bonchev–Trinajstić information content (AvgIpc) is 3.30. The Morgan fingerprint density at radius 3 is 2.76 bits per heavy atom. The van der Waals surface area contributed by atoms with Crippen molar-refractivity contribution >= 4 is 11.9 Å². The number of rotatable bonds is 8. The van der Waals surface area contributed by atoms with Gasteiger partial charge in [0.2, 0.25) is 5.91 Å². The van der Waals surface area contributed by atoms with Crippen molar-refractivity contribution in [2.24, 2.45) is 0 Å². The molecule has 2 unspecified atom stereocenters. The van der Waals surface area contributed by atoms with E-state index in [4.69, 9.17) is 14.2 Å². The Hall–Kier alpha value is -3.14. The van der Waals surface area contributed by atoms with Gasteiger partial charge in [-0.3, -0.25) is 9.59 Å². The number of hydrogen-bond acceptors (Lipinski definition) is 8. The summed E-state index contributed by atoms with van der Waals surface area (Å²) < 4.78 is 18.3. The molecule has 2 aromatic carbocycles. The van der Waals surface area contributed by atoms with Crippen molar-refractivity contribution in [2.75, 3.05) is 33.8 Å². The van der Waals surface area contributed by atoms with E-state index < -0.39 is 17.0 Å². The molecule has 4 aliphatic rings. The zero-order chi connectivity index (χ0) is 26.5. The third-order valence-electron chi connectivity index (χ3n) is 9.25. The van der Waals surface area contributed by atoms with Crippen LogP contribution in [0.1, 0.15) is 36.0 Å². The number of esters is 1. The molecule has 6 rings (SSSR count). The molecule has 1 saturated heterocycles. The Kier molecular flexibility index (Phi) is 6.32. The highest BCUT2D eigenvalue weighted by atomic mass is 16.5. The molecule has 9 heteroatoms. The SMILES string of the molecule is CO[C@@]12CCC(NCC(=O)NCC(=O)OCc3ccccc3)C3Oc4c(O)ccc5c4[C@@]31CCN(C)[C@@H]2C5. The Morgan fingerprint density at radius 1 is 1.16 bits per heavy atom. The summed E-state index contributed by atoms with van der Waals surface area (Å²) in [5.74, 6) is -0.0517. The van der Waals surface area contributed by atoms with Crippen LogP contribution >= 0.6 is 0 Å². The Balaban J connectivity index is 1.14. The van der Waals surface area contributed by atoms with Gasteiger partial charge < -0.3 is 34.9 Å². The van der Waals surface area contributed by atoms with Crippen molar-refractivity contribution in [3.8, 4) is 11.5 Å². The van der Waals surface area contributed by atoms with Crippen LogP contribution in [-0.4, -0.2) is 79.5 Å². The maximum absolute atomic E-state index is 12.6. The predicted octanol–water partition coefficient (Wildman–Crippen LogP) is 1.65. The molecule has 1 spiro atoms. The Bertz CT molecular complexity index is 1240. The number of nitrogens with zero attached hydrogens (tertiary/aromatic N) is 1. The first kappa shape index (κ1) is 25.2. The largest absolute Gasteiger partial charge is 0.504 e. The number of aromatic hydroxyl groups is 1. The van der Waals surface area contributed by atoms with Crippen LogP contribution in [0.25, 0.3) is 0 Å². The summed E-state index contributed by atoms with van der Waals surface area (Å²) >= 11 is 0. The lowest BCUT2D eigenvalue weighted by Crippen LogP contribution is -2.78. The smallest absolute Gasteiger partial charge is 0.325 e. The summed E-state index contributed by atoms with van der Waals surface area (Å²) in [6, 6.07) is 13.3. The van der Waals surface area contributed by atoms with E-state index in [-0.39, 0.29) is 49.5 Å². The monoisotopic (exact) mass is 521 g/mol. The minimum atomic E-state index is -0.485. The lowest BCUT2D eigenvalue weighted by Gasteiger charge is -2.65. The Morgan fingerprint density at radius 2 is 1.97 bits per heavy atom. The number of methoxy groups -OCH3 is 1. The average molecular weight is 522 g/mol. The molecular formula is C29H35N3O6. The number of phenols is 1. The van der Waals surface area contributed by atoms with Gasteiger partial charge in [-0.2, -0.15) is 0 Å². The van der Waals surface area contributed by atoms with Gasteiger partial charge in [0.1, 0.15) is 19.3 Å². The molecule has 2 aliphatic carbocycles. The second-order valence-electron chi connectivity index (χ2n) is 11.0. The van der Waals surface area contributed by atoms with Crippen LogP contribution in [0, 0.1) is 0 Å². The van der Waals surface area contributed by atoms with Gasteiger partial charge in [-0.1, -0.05) is 36.4 Å². The number of benzene rings is 2. The molecule has 38 heavy (non-hydrogen) atoms. The summed E-state index contributed by atoms with van der Waals surface area (Å²) in [4.78, 5) is 27.1. The van der Waals surface area contributed by atoms with Gasteiger partial charge in [-0.15, -0.1) is 0 Å². The van der Waals surface area contributed by atoms with E-state index in [1.54, 1.807) is 13.2 Å². The normalized spacial score (nSPS) is 30.7. The summed E-state index contributed by atoms with van der Waals surface area (Å²) in [5, 5.41) is 16.8. The van der Waals surface area contributed by atoms with Crippen LogP contribution < -0.4 is 15.4 Å². The van der Waals surface area contributed by atoms with Gasteiger partial charge in [0.25, 0.3) is 0 Å². The highest BCUT2D eigenvalue weighted by molar-refractivity contribution is 5.83. The van der Waals surface area contributed by atoms with Crippen molar-refractivity contribution in [3.63, 3.8) is 0 Å². The number of amides is 1. The van der Waals surface area contributed by atoms with E-state index in [1.807, 2.05) is 36.4 Å². The van der Waals surface area contributed by atoms with E-state index in [2.05, 4.69) is 22.6 Å². The first-order valence-electron chi connectivity index (χ1n) is 13.4. The third kappa shape index (κ3) is 3.71. The van der Waals surface area contributed by atoms with Gasteiger partial charge in [0, 0.05) is 24.8 Å². The molecular weight excluding hydrogens is 486 g/mol. The van der Waals surface area contributed by atoms with E-state index in [0.29, 0.717) is 5.75 Å². The first-order chi connectivity index (χ1) is 18.4. The third-order valence-corrected chi connectivity index (χ3v) is 9.25. The standard InChI is InChI=1S/C29H35N3O6/c1-32-13-12-28-25-19-8-9-21(33)26(25)38-27(28)20(10-11-29(28,36-2)22(32)14-19)30-15-23(34)31-16-24(35)37-17-18-6-4-3-5-7-18/h3-9,20,22,27,30,33H,10-17H2,1-2H3,(H,31,34)/t20?,22-,27?,28+,29-/m1/s1. The molecule has 1 amide bonds. The fraction of sp³-hybridized carbons (Fsp3) is 0.517. The van der Waals surface area contributed by atoms with Gasteiger partial charge in [-0.25, -0.2) is 0 Å². The molecule has 3 N–H and O–H groups in total. The van der Waals surface area contributed by atoms with Gasteiger partial charge in [-0.05, 0) is 56.5 Å². The van der Waals surface area contributed by atoms with E-state index in [9.17, 15) is 14.7 Å². The number of likely N-dealkylation sites (N-methyl/N-ethyl adjacent to an activating group) is 1. The zero-order valence-corrected chi connectivity index (χ0v) is 21.9. The number of hydrogen-bond donors (Lipinski definition) is 3. The van der Waals surface area contributed by atoms with Crippen LogP contribution in [0.15, 0.2) is 42.5 Å². The molecule has 5 atom stereocenters. The molecule has 2 bridgehead atoms. The minimum Gasteiger partial charge on any atom is -0.504 e. The van der Waals surface area contributed by atoms with Crippen molar-refractivity contribution in [3.05, 3.63) is 59.2 Å². The first-order valence-corrected chi connectivity index (χ1v) is 13.4. The number of nitrogens with one attached hydrogen (secondary N) is 2. The molecule has 9 nitrogen and oxygen atoms in total. The number of piperidine rings is 1. The fourth-order valence-electron chi connectivity index (χ4n) is 7.59. The molecule has 1 saturated carbocycles. The molecule has 2 fully saturated rings. The minimum absolute atomic E-state index is 0.0467. The van der Waals surface area contributed by atoms with E-state index in [0.717, 1.165) is 43.4 Å². The molecule has 2 aromatic rings. The molecule has 0 radical (unpaired) electrons. The maximum Gasteiger partial charge on any atom is 0.325 e. The van der Waals surface area contributed by atoms with Crippen LogP contribution in [0.4, 0.5) is 0 Å². The summed E-state index contributed by atoms with van der Waals surface area (Å²) in [6.07, 6.45) is 3.00. The quantitative estimate of drug-likeness (QED) is 0.450. The molecule has 2 aliphatic heterocycles. The Labute approximate surface area is 222 Å². The van der Waals surface area contributed by atoms with E-state index in [1.165, 1.54) is 5.56 Å². The number of carbonyl (C=O) groups excluding carboxylic acids is 2.